The van der Waals surface area contributed by atoms with E-state index in [1.165, 1.54) is 19.6 Å². The molecule has 0 radical (unpaired) electrons. The van der Waals surface area contributed by atoms with E-state index in [0.717, 1.165) is 45.7 Å². The van der Waals surface area contributed by atoms with Crippen LogP contribution in [0.5, 0.6) is 0 Å². The average Bonchev–Trinajstić information content (AvgIpc) is 2.31. The number of hydrogen-bond acceptors (Lipinski definition) is 4. The molecule has 4 heteroatoms. The molecule has 4 nitrogen and oxygen atoms in total. The molecule has 0 amide bonds. The van der Waals surface area contributed by atoms with Gasteiger partial charge in [-0.3, -0.25) is 4.90 Å². The Labute approximate surface area is 98.7 Å². The molecule has 2 rings (SSSR count). The van der Waals surface area contributed by atoms with Crippen LogP contribution >= 0.6 is 0 Å². The minimum atomic E-state index is 0.312. The van der Waals surface area contributed by atoms with Crippen molar-refractivity contribution < 1.29 is 4.74 Å². The van der Waals surface area contributed by atoms with E-state index in [2.05, 4.69) is 22.5 Å². The van der Waals surface area contributed by atoms with Gasteiger partial charge in [-0.15, -0.1) is 0 Å². The summed E-state index contributed by atoms with van der Waals surface area (Å²) in [5.74, 6) is 0. The maximum absolute atomic E-state index is 5.40. The molecule has 0 spiro atoms. The zero-order valence-corrected chi connectivity index (χ0v) is 10.4. The summed E-state index contributed by atoms with van der Waals surface area (Å²) in [4.78, 5) is 2.53. The first kappa shape index (κ1) is 12.3. The van der Waals surface area contributed by atoms with Crippen molar-refractivity contribution in [1.29, 1.82) is 0 Å². The van der Waals surface area contributed by atoms with Crippen molar-refractivity contribution >= 4 is 0 Å². The molecular weight excluding hydrogens is 202 g/mol. The molecule has 2 aliphatic heterocycles. The van der Waals surface area contributed by atoms with E-state index < -0.39 is 0 Å². The fourth-order valence-electron chi connectivity index (χ4n) is 2.45. The average molecular weight is 227 g/mol. The molecule has 2 N–H and O–H groups in total. The second-order valence-corrected chi connectivity index (χ2v) is 5.19. The van der Waals surface area contributed by atoms with Crippen molar-refractivity contribution in [3.63, 3.8) is 0 Å². The van der Waals surface area contributed by atoms with E-state index in [1.54, 1.807) is 0 Å². The Morgan fingerprint density at radius 3 is 2.62 bits per heavy atom. The minimum Gasteiger partial charge on any atom is -0.381 e. The number of ether oxygens (including phenoxy) is 1. The van der Waals surface area contributed by atoms with E-state index >= 15 is 0 Å². The van der Waals surface area contributed by atoms with Crippen molar-refractivity contribution in [2.45, 2.75) is 25.3 Å². The highest BCUT2D eigenvalue weighted by atomic mass is 16.5. The first-order valence-electron chi connectivity index (χ1n) is 6.54. The van der Waals surface area contributed by atoms with Gasteiger partial charge in [-0.25, -0.2) is 0 Å². The van der Waals surface area contributed by atoms with E-state index in [0.29, 0.717) is 5.54 Å². The number of rotatable bonds is 4. The van der Waals surface area contributed by atoms with Gasteiger partial charge in [-0.05, 0) is 19.8 Å². The first-order chi connectivity index (χ1) is 7.79. The van der Waals surface area contributed by atoms with Gasteiger partial charge in [0.2, 0.25) is 0 Å². The molecule has 2 saturated heterocycles. The van der Waals surface area contributed by atoms with Gasteiger partial charge < -0.3 is 15.4 Å². The normalized spacial score (nSPS) is 26.8. The van der Waals surface area contributed by atoms with Crippen molar-refractivity contribution in [1.82, 2.24) is 15.5 Å². The van der Waals surface area contributed by atoms with Gasteiger partial charge in [0.25, 0.3) is 0 Å². The topological polar surface area (TPSA) is 36.5 Å². The van der Waals surface area contributed by atoms with Gasteiger partial charge in [0, 0.05) is 58.0 Å². The highest BCUT2D eigenvalue weighted by Crippen LogP contribution is 2.19. The van der Waals surface area contributed by atoms with E-state index in [-0.39, 0.29) is 0 Å². The van der Waals surface area contributed by atoms with Gasteiger partial charge in [-0.2, -0.15) is 0 Å². The minimum absolute atomic E-state index is 0.312. The third-order valence-corrected chi connectivity index (χ3v) is 3.79. The molecular formula is C12H25N3O. The molecule has 0 unspecified atom stereocenters. The highest BCUT2D eigenvalue weighted by molar-refractivity contribution is 4.85. The van der Waals surface area contributed by atoms with Crippen LogP contribution in [0, 0.1) is 0 Å². The van der Waals surface area contributed by atoms with Gasteiger partial charge >= 0.3 is 0 Å². The molecule has 0 atom stereocenters. The summed E-state index contributed by atoms with van der Waals surface area (Å²) in [5.41, 5.74) is 0.312. The molecule has 94 valence electrons. The summed E-state index contributed by atoms with van der Waals surface area (Å²) in [5, 5.41) is 7.09. The van der Waals surface area contributed by atoms with Crippen molar-refractivity contribution in [2.75, 3.05) is 52.5 Å². The van der Waals surface area contributed by atoms with Crippen LogP contribution in [-0.4, -0.2) is 62.9 Å². The fourth-order valence-corrected chi connectivity index (χ4v) is 2.45. The largest absolute Gasteiger partial charge is 0.381 e. The van der Waals surface area contributed by atoms with Crippen molar-refractivity contribution in [2.24, 2.45) is 0 Å². The Kier molecular flexibility index (Phi) is 4.58. The van der Waals surface area contributed by atoms with Crippen LogP contribution in [0.15, 0.2) is 0 Å². The van der Waals surface area contributed by atoms with Gasteiger partial charge in [-0.1, -0.05) is 0 Å². The van der Waals surface area contributed by atoms with Crippen LogP contribution in [0.3, 0.4) is 0 Å². The third kappa shape index (κ3) is 3.70. The molecule has 0 saturated carbocycles. The lowest BCUT2D eigenvalue weighted by Gasteiger charge is -2.36. The lowest BCUT2D eigenvalue weighted by atomic mass is 9.92. The predicted octanol–water partition coefficient (Wildman–Crippen LogP) is 0.0503. The van der Waals surface area contributed by atoms with Crippen LogP contribution in [0.4, 0.5) is 0 Å². The molecule has 16 heavy (non-hydrogen) atoms. The summed E-state index contributed by atoms with van der Waals surface area (Å²) >= 11 is 0. The smallest absolute Gasteiger partial charge is 0.0483 e. The monoisotopic (exact) mass is 227 g/mol. The molecule has 0 aliphatic carbocycles. The number of nitrogens with one attached hydrogen (secondary N) is 2. The molecule has 0 aromatic carbocycles. The van der Waals surface area contributed by atoms with E-state index in [1.807, 2.05) is 0 Å². The molecule has 0 aromatic heterocycles. The first-order valence-corrected chi connectivity index (χ1v) is 6.54. The predicted molar refractivity (Wildman–Crippen MR) is 65.8 cm³/mol. The summed E-state index contributed by atoms with van der Waals surface area (Å²) in [6, 6.07) is 0. The Morgan fingerprint density at radius 2 is 1.94 bits per heavy atom. The van der Waals surface area contributed by atoms with Crippen LogP contribution in [-0.2, 0) is 4.74 Å². The van der Waals surface area contributed by atoms with Crippen LogP contribution < -0.4 is 10.6 Å². The summed E-state index contributed by atoms with van der Waals surface area (Å²) in [6.07, 6.45) is 2.29. The Hall–Kier alpha value is -0.160. The Morgan fingerprint density at radius 1 is 1.25 bits per heavy atom. The van der Waals surface area contributed by atoms with E-state index in [4.69, 9.17) is 4.74 Å². The number of nitrogens with zero attached hydrogens (tertiary/aromatic N) is 1. The molecule has 0 aromatic rings. The van der Waals surface area contributed by atoms with E-state index in [9.17, 15) is 0 Å². The zero-order chi connectivity index (χ0) is 11.3. The summed E-state index contributed by atoms with van der Waals surface area (Å²) in [7, 11) is 0. The van der Waals surface area contributed by atoms with Gasteiger partial charge in [0.15, 0.2) is 0 Å². The second kappa shape index (κ2) is 5.96. The molecule has 2 aliphatic rings. The standard InChI is InChI=1S/C12H25N3O/c1-12(2-10-16-11-3-12)14-6-9-15-7-4-13-5-8-15/h13-14H,2-11H2,1H3. The second-order valence-electron chi connectivity index (χ2n) is 5.19. The third-order valence-electron chi connectivity index (χ3n) is 3.79. The molecule has 2 fully saturated rings. The maximum atomic E-state index is 5.40. The molecule has 0 bridgehead atoms. The number of piperazine rings is 1. The molecule has 2 heterocycles. The fraction of sp³-hybridized carbons (Fsp3) is 1.00. The maximum Gasteiger partial charge on any atom is 0.0483 e. The van der Waals surface area contributed by atoms with Gasteiger partial charge in [0.1, 0.15) is 0 Å². The Bertz CT molecular complexity index is 198. The highest BCUT2D eigenvalue weighted by Gasteiger charge is 2.26. The summed E-state index contributed by atoms with van der Waals surface area (Å²) in [6.45, 7) is 11.1. The SMILES string of the molecule is CC1(NCCN2CCNCC2)CCOCC1. The zero-order valence-electron chi connectivity index (χ0n) is 10.4. The lowest BCUT2D eigenvalue weighted by Crippen LogP contribution is -2.51. The van der Waals surface area contributed by atoms with Crippen molar-refractivity contribution in [3.8, 4) is 0 Å². The summed E-state index contributed by atoms with van der Waals surface area (Å²) < 4.78 is 5.40. The quantitative estimate of drug-likeness (QED) is 0.711. The van der Waals surface area contributed by atoms with Crippen LogP contribution in [0.25, 0.3) is 0 Å². The Balaban J connectivity index is 1.62. The van der Waals surface area contributed by atoms with Crippen molar-refractivity contribution in [3.05, 3.63) is 0 Å². The van der Waals surface area contributed by atoms with Gasteiger partial charge in [0.05, 0.1) is 0 Å². The number of hydrogen-bond donors (Lipinski definition) is 2. The lowest BCUT2D eigenvalue weighted by molar-refractivity contribution is 0.0442. The van der Waals surface area contributed by atoms with Crippen LogP contribution in [0.2, 0.25) is 0 Å². The van der Waals surface area contributed by atoms with Crippen LogP contribution in [0.1, 0.15) is 19.8 Å².